The summed E-state index contributed by atoms with van der Waals surface area (Å²) in [7, 11) is 2.23. The lowest BCUT2D eigenvalue weighted by Crippen LogP contribution is -2.44. The fraction of sp³-hybridized carbons (Fsp3) is 0.929. The molecule has 0 bridgehead atoms. The molecule has 0 aromatic rings. The van der Waals surface area contributed by atoms with Crippen molar-refractivity contribution in [2.75, 3.05) is 13.6 Å². The molecule has 1 aliphatic heterocycles. The van der Waals surface area contributed by atoms with E-state index in [0.29, 0.717) is 18.1 Å². The summed E-state index contributed by atoms with van der Waals surface area (Å²) in [6.45, 7) is 9.99. The predicted molar refractivity (Wildman–Crippen MR) is 73.3 cm³/mol. The summed E-state index contributed by atoms with van der Waals surface area (Å²) in [4.78, 5) is 9.71. The first-order valence-corrected chi connectivity index (χ1v) is 7.11. The molecule has 3 nitrogen and oxygen atoms in total. The Morgan fingerprint density at radius 1 is 1.29 bits per heavy atom. The molecule has 1 aliphatic carbocycles. The van der Waals surface area contributed by atoms with Crippen molar-refractivity contribution < 1.29 is 0 Å². The first-order valence-electron chi connectivity index (χ1n) is 7.11. The average molecular weight is 237 g/mol. The molecule has 3 atom stereocenters. The minimum absolute atomic E-state index is 0.561. The smallest absolute Gasteiger partial charge is 0.197 e. The normalized spacial score (nSPS) is 35.9. The minimum Gasteiger partial charge on any atom is -0.341 e. The van der Waals surface area contributed by atoms with Gasteiger partial charge in [-0.05, 0) is 46.0 Å². The van der Waals surface area contributed by atoms with E-state index in [1.807, 2.05) is 0 Å². The van der Waals surface area contributed by atoms with E-state index < -0.39 is 0 Å². The van der Waals surface area contributed by atoms with Crippen LogP contribution in [0.2, 0.25) is 0 Å². The standard InChI is InChI=1S/C14H27N3/c1-6-15-14-16(5)13-9-11(4)7-8-12(13)17(14)10(2)3/h10-13H,6-9H2,1-5H3/b15-14-. The maximum atomic E-state index is 4.73. The molecule has 0 aromatic heterocycles. The Balaban J connectivity index is 2.27. The van der Waals surface area contributed by atoms with E-state index in [1.165, 1.54) is 25.2 Å². The van der Waals surface area contributed by atoms with Crippen LogP contribution in [0.25, 0.3) is 0 Å². The summed E-state index contributed by atoms with van der Waals surface area (Å²) in [5.74, 6) is 2.10. The Bertz CT molecular complexity index is 298. The quantitative estimate of drug-likeness (QED) is 0.735. The molecule has 2 fully saturated rings. The van der Waals surface area contributed by atoms with Gasteiger partial charge in [-0.25, -0.2) is 0 Å². The van der Waals surface area contributed by atoms with Gasteiger partial charge in [-0.1, -0.05) is 6.92 Å². The van der Waals surface area contributed by atoms with Crippen LogP contribution in [-0.4, -0.2) is 47.5 Å². The van der Waals surface area contributed by atoms with E-state index >= 15 is 0 Å². The van der Waals surface area contributed by atoms with E-state index in [1.54, 1.807) is 0 Å². The van der Waals surface area contributed by atoms with Crippen molar-refractivity contribution >= 4 is 5.96 Å². The van der Waals surface area contributed by atoms with E-state index in [9.17, 15) is 0 Å². The van der Waals surface area contributed by atoms with Crippen molar-refractivity contribution in [3.05, 3.63) is 0 Å². The topological polar surface area (TPSA) is 18.8 Å². The number of fused-ring (bicyclic) bond motifs is 1. The van der Waals surface area contributed by atoms with Crippen molar-refractivity contribution in [1.82, 2.24) is 9.80 Å². The maximum absolute atomic E-state index is 4.73. The monoisotopic (exact) mass is 237 g/mol. The van der Waals surface area contributed by atoms with Crippen LogP contribution >= 0.6 is 0 Å². The number of hydrogen-bond acceptors (Lipinski definition) is 1. The van der Waals surface area contributed by atoms with Crippen molar-refractivity contribution in [3.63, 3.8) is 0 Å². The summed E-state index contributed by atoms with van der Waals surface area (Å²) in [6, 6.07) is 1.94. The molecule has 17 heavy (non-hydrogen) atoms. The lowest BCUT2D eigenvalue weighted by Gasteiger charge is -2.36. The lowest BCUT2D eigenvalue weighted by atomic mass is 9.83. The van der Waals surface area contributed by atoms with Gasteiger partial charge in [-0.2, -0.15) is 0 Å². The highest BCUT2D eigenvalue weighted by atomic mass is 15.5. The van der Waals surface area contributed by atoms with Crippen LogP contribution in [0.5, 0.6) is 0 Å². The van der Waals surface area contributed by atoms with Gasteiger partial charge in [-0.15, -0.1) is 0 Å². The van der Waals surface area contributed by atoms with E-state index in [-0.39, 0.29) is 0 Å². The van der Waals surface area contributed by atoms with Crippen molar-refractivity contribution in [2.45, 2.75) is 65.1 Å². The second-order valence-corrected chi connectivity index (χ2v) is 5.94. The van der Waals surface area contributed by atoms with Crippen LogP contribution in [0.3, 0.4) is 0 Å². The van der Waals surface area contributed by atoms with Gasteiger partial charge in [0.25, 0.3) is 0 Å². The summed E-state index contributed by atoms with van der Waals surface area (Å²) < 4.78 is 0. The molecule has 0 aromatic carbocycles. The molecule has 1 saturated carbocycles. The largest absolute Gasteiger partial charge is 0.341 e. The zero-order chi connectivity index (χ0) is 12.6. The van der Waals surface area contributed by atoms with E-state index in [4.69, 9.17) is 4.99 Å². The number of likely N-dealkylation sites (N-methyl/N-ethyl adjacent to an activating group) is 1. The molecular weight excluding hydrogens is 210 g/mol. The zero-order valence-corrected chi connectivity index (χ0v) is 12.0. The van der Waals surface area contributed by atoms with Gasteiger partial charge in [0.1, 0.15) is 0 Å². The molecule has 2 rings (SSSR count). The molecule has 98 valence electrons. The Kier molecular flexibility index (Phi) is 3.64. The number of nitrogens with zero attached hydrogens (tertiary/aromatic N) is 3. The van der Waals surface area contributed by atoms with E-state index in [0.717, 1.165) is 12.5 Å². The number of guanidine groups is 1. The van der Waals surface area contributed by atoms with Crippen molar-refractivity contribution in [3.8, 4) is 0 Å². The molecular formula is C14H27N3. The second-order valence-electron chi connectivity index (χ2n) is 5.94. The summed E-state index contributed by atoms with van der Waals surface area (Å²) in [5, 5.41) is 0. The molecule has 0 spiro atoms. The third-order valence-corrected chi connectivity index (χ3v) is 4.30. The molecule has 1 saturated heterocycles. The van der Waals surface area contributed by atoms with Gasteiger partial charge in [0.2, 0.25) is 0 Å². The summed E-state index contributed by atoms with van der Waals surface area (Å²) in [6.07, 6.45) is 4.03. The fourth-order valence-electron chi connectivity index (χ4n) is 3.50. The zero-order valence-electron chi connectivity index (χ0n) is 12.0. The predicted octanol–water partition coefficient (Wildman–Crippen LogP) is 2.58. The van der Waals surface area contributed by atoms with Gasteiger partial charge >= 0.3 is 0 Å². The Morgan fingerprint density at radius 2 is 2.00 bits per heavy atom. The Morgan fingerprint density at radius 3 is 2.59 bits per heavy atom. The SMILES string of the molecule is CC/N=C1/N(C)C2CC(C)CCC2N1C(C)C. The summed E-state index contributed by atoms with van der Waals surface area (Å²) in [5.41, 5.74) is 0. The van der Waals surface area contributed by atoms with E-state index in [2.05, 4.69) is 44.5 Å². The van der Waals surface area contributed by atoms with Crippen LogP contribution in [0.4, 0.5) is 0 Å². The average Bonchev–Trinajstić information content (AvgIpc) is 2.54. The number of hydrogen-bond donors (Lipinski definition) is 0. The molecule has 0 radical (unpaired) electrons. The highest BCUT2D eigenvalue weighted by Crippen LogP contribution is 2.36. The van der Waals surface area contributed by atoms with Gasteiger partial charge < -0.3 is 9.80 Å². The Labute approximate surface area is 106 Å². The van der Waals surface area contributed by atoms with Crippen LogP contribution in [0.15, 0.2) is 4.99 Å². The third-order valence-electron chi connectivity index (χ3n) is 4.30. The summed E-state index contributed by atoms with van der Waals surface area (Å²) >= 11 is 0. The second kappa shape index (κ2) is 4.87. The maximum Gasteiger partial charge on any atom is 0.197 e. The van der Waals surface area contributed by atoms with Crippen LogP contribution in [-0.2, 0) is 0 Å². The first kappa shape index (κ1) is 12.7. The Hall–Kier alpha value is -0.730. The third kappa shape index (κ3) is 2.16. The molecule has 0 amide bonds. The highest BCUT2D eigenvalue weighted by molar-refractivity contribution is 5.83. The highest BCUT2D eigenvalue weighted by Gasteiger charge is 2.45. The fourth-order valence-corrected chi connectivity index (χ4v) is 3.50. The minimum atomic E-state index is 0.561. The molecule has 3 unspecified atom stereocenters. The lowest BCUT2D eigenvalue weighted by molar-refractivity contribution is 0.165. The van der Waals surface area contributed by atoms with Crippen molar-refractivity contribution in [1.29, 1.82) is 0 Å². The number of rotatable bonds is 2. The van der Waals surface area contributed by atoms with Gasteiger partial charge in [0.05, 0.1) is 12.1 Å². The molecule has 2 aliphatic rings. The van der Waals surface area contributed by atoms with Crippen LogP contribution < -0.4 is 0 Å². The molecule has 3 heteroatoms. The van der Waals surface area contributed by atoms with Crippen LogP contribution in [0, 0.1) is 5.92 Å². The molecule has 1 heterocycles. The van der Waals surface area contributed by atoms with Gasteiger partial charge in [0, 0.05) is 19.6 Å². The molecule has 0 N–H and O–H groups in total. The van der Waals surface area contributed by atoms with Crippen molar-refractivity contribution in [2.24, 2.45) is 10.9 Å². The van der Waals surface area contributed by atoms with Crippen LogP contribution in [0.1, 0.15) is 47.0 Å². The van der Waals surface area contributed by atoms with Gasteiger partial charge in [0.15, 0.2) is 5.96 Å². The van der Waals surface area contributed by atoms with Gasteiger partial charge in [-0.3, -0.25) is 4.99 Å². The number of aliphatic imine (C=N–C) groups is 1. The first-order chi connectivity index (χ1) is 8.06.